The molecule has 1 aromatic heterocycles. The number of aliphatic carboxylic acids is 1. The van der Waals surface area contributed by atoms with Crippen molar-refractivity contribution in [1.82, 2.24) is 10.3 Å². The van der Waals surface area contributed by atoms with Crippen molar-refractivity contribution in [3.63, 3.8) is 0 Å². The van der Waals surface area contributed by atoms with Gasteiger partial charge in [0.05, 0.1) is 17.2 Å². The Bertz CT molecular complexity index is 513. The Morgan fingerprint density at radius 2 is 2.05 bits per heavy atom. The maximum atomic E-state index is 12.1. The zero-order valence-electron chi connectivity index (χ0n) is 11.1. The Balaban J connectivity index is 2.00. The number of pyridine rings is 1. The first kappa shape index (κ1) is 13.5. The van der Waals surface area contributed by atoms with Gasteiger partial charge in [-0.15, -0.1) is 0 Å². The predicted molar refractivity (Wildman–Crippen MR) is 69.9 cm³/mol. The second kappa shape index (κ2) is 5.38. The molecule has 1 saturated carbocycles. The van der Waals surface area contributed by atoms with Crippen LogP contribution in [0.25, 0.3) is 0 Å². The summed E-state index contributed by atoms with van der Waals surface area (Å²) in [4.78, 5) is 27.2. The Morgan fingerprint density at radius 3 is 2.63 bits per heavy atom. The van der Waals surface area contributed by atoms with Crippen molar-refractivity contribution in [3.05, 3.63) is 29.1 Å². The van der Waals surface area contributed by atoms with Gasteiger partial charge in [0.15, 0.2) is 0 Å². The normalized spacial score (nSPS) is 22.2. The van der Waals surface area contributed by atoms with E-state index in [1.165, 1.54) is 0 Å². The van der Waals surface area contributed by atoms with E-state index in [2.05, 4.69) is 10.3 Å². The Hall–Kier alpha value is -1.91. The van der Waals surface area contributed by atoms with Crippen LogP contribution in [-0.2, 0) is 4.79 Å². The monoisotopic (exact) mass is 262 g/mol. The molecular formula is C14H18N2O3. The molecule has 0 spiro atoms. The summed E-state index contributed by atoms with van der Waals surface area (Å²) in [6.07, 6.45) is 1.87. The lowest BCUT2D eigenvalue weighted by Crippen LogP contribution is -2.33. The fourth-order valence-corrected chi connectivity index (χ4v) is 2.53. The second-order valence-electron chi connectivity index (χ2n) is 5.10. The van der Waals surface area contributed by atoms with Gasteiger partial charge >= 0.3 is 5.97 Å². The van der Waals surface area contributed by atoms with E-state index < -0.39 is 5.97 Å². The summed E-state index contributed by atoms with van der Waals surface area (Å²) in [6.45, 7) is 3.68. The van der Waals surface area contributed by atoms with Crippen LogP contribution in [0.3, 0.4) is 0 Å². The predicted octanol–water partition coefficient (Wildman–Crippen LogP) is 1.68. The molecule has 1 aliphatic carbocycles. The van der Waals surface area contributed by atoms with Crippen molar-refractivity contribution in [2.45, 2.75) is 39.2 Å². The van der Waals surface area contributed by atoms with Crippen molar-refractivity contribution in [1.29, 1.82) is 0 Å². The van der Waals surface area contributed by atoms with Crippen molar-refractivity contribution >= 4 is 11.9 Å². The fraction of sp³-hybridized carbons (Fsp3) is 0.500. The minimum absolute atomic E-state index is 0.0469. The van der Waals surface area contributed by atoms with Crippen LogP contribution >= 0.6 is 0 Å². The first-order valence-corrected chi connectivity index (χ1v) is 6.45. The van der Waals surface area contributed by atoms with Gasteiger partial charge in [0.25, 0.3) is 5.91 Å². The highest BCUT2D eigenvalue weighted by Gasteiger charge is 2.30. The van der Waals surface area contributed by atoms with Gasteiger partial charge in [0.2, 0.25) is 0 Å². The molecule has 1 aliphatic rings. The van der Waals surface area contributed by atoms with E-state index in [4.69, 9.17) is 5.11 Å². The lowest BCUT2D eigenvalue weighted by Gasteiger charge is -2.13. The number of nitrogens with zero attached hydrogens (tertiary/aromatic N) is 1. The van der Waals surface area contributed by atoms with E-state index in [0.717, 1.165) is 12.1 Å². The molecule has 2 N–H and O–H groups in total. The van der Waals surface area contributed by atoms with Crippen LogP contribution in [0.15, 0.2) is 12.1 Å². The minimum atomic E-state index is -0.773. The van der Waals surface area contributed by atoms with Gasteiger partial charge in [-0.05, 0) is 45.2 Å². The van der Waals surface area contributed by atoms with Crippen molar-refractivity contribution in [3.8, 4) is 0 Å². The average molecular weight is 262 g/mol. The molecular weight excluding hydrogens is 244 g/mol. The number of rotatable bonds is 3. The maximum absolute atomic E-state index is 12.1. The van der Waals surface area contributed by atoms with E-state index in [1.54, 1.807) is 19.1 Å². The SMILES string of the molecule is Cc1ccc(C(=O)NC2CCC(C(=O)O)C2)c(C)n1. The molecule has 0 radical (unpaired) electrons. The first-order valence-electron chi connectivity index (χ1n) is 6.45. The van der Waals surface area contributed by atoms with Crippen LogP contribution in [0.1, 0.15) is 41.0 Å². The summed E-state index contributed by atoms with van der Waals surface area (Å²) < 4.78 is 0. The second-order valence-corrected chi connectivity index (χ2v) is 5.10. The Morgan fingerprint density at radius 1 is 1.32 bits per heavy atom. The number of hydrogen-bond acceptors (Lipinski definition) is 3. The van der Waals surface area contributed by atoms with Crippen LogP contribution in [0.5, 0.6) is 0 Å². The largest absolute Gasteiger partial charge is 0.481 e. The van der Waals surface area contributed by atoms with Crippen molar-refractivity contribution < 1.29 is 14.7 Å². The summed E-state index contributed by atoms with van der Waals surface area (Å²) in [5.74, 6) is -1.27. The number of carboxylic acid groups (broad SMARTS) is 1. The molecule has 0 saturated heterocycles. The lowest BCUT2D eigenvalue weighted by atomic mass is 10.1. The molecule has 2 unspecified atom stereocenters. The van der Waals surface area contributed by atoms with Crippen LogP contribution in [0.2, 0.25) is 0 Å². The van der Waals surface area contributed by atoms with Crippen molar-refractivity contribution in [2.24, 2.45) is 5.92 Å². The van der Waals surface area contributed by atoms with Gasteiger partial charge < -0.3 is 10.4 Å². The number of aromatic nitrogens is 1. The number of amides is 1. The van der Waals surface area contributed by atoms with E-state index in [9.17, 15) is 9.59 Å². The van der Waals surface area contributed by atoms with Crippen LogP contribution < -0.4 is 5.32 Å². The van der Waals surface area contributed by atoms with Gasteiger partial charge in [-0.1, -0.05) is 0 Å². The van der Waals surface area contributed by atoms with Gasteiger partial charge in [0, 0.05) is 11.7 Å². The zero-order valence-corrected chi connectivity index (χ0v) is 11.1. The molecule has 1 amide bonds. The number of nitrogens with one attached hydrogen (secondary N) is 1. The minimum Gasteiger partial charge on any atom is -0.481 e. The highest BCUT2D eigenvalue weighted by molar-refractivity contribution is 5.95. The molecule has 1 heterocycles. The Kier molecular flexibility index (Phi) is 3.83. The molecule has 102 valence electrons. The number of carbonyl (C=O) groups is 2. The average Bonchev–Trinajstić information content (AvgIpc) is 2.77. The molecule has 5 heteroatoms. The summed E-state index contributed by atoms with van der Waals surface area (Å²) in [7, 11) is 0. The molecule has 1 aromatic rings. The highest BCUT2D eigenvalue weighted by atomic mass is 16.4. The third-order valence-corrected chi connectivity index (χ3v) is 3.59. The maximum Gasteiger partial charge on any atom is 0.306 e. The molecule has 0 bridgehead atoms. The smallest absolute Gasteiger partial charge is 0.306 e. The fourth-order valence-electron chi connectivity index (χ4n) is 2.53. The van der Waals surface area contributed by atoms with Gasteiger partial charge in [-0.2, -0.15) is 0 Å². The van der Waals surface area contributed by atoms with E-state index in [0.29, 0.717) is 24.1 Å². The Labute approximate surface area is 112 Å². The van der Waals surface area contributed by atoms with Crippen molar-refractivity contribution in [2.75, 3.05) is 0 Å². The third kappa shape index (κ3) is 3.10. The zero-order chi connectivity index (χ0) is 14.0. The highest BCUT2D eigenvalue weighted by Crippen LogP contribution is 2.26. The number of hydrogen-bond donors (Lipinski definition) is 2. The van der Waals surface area contributed by atoms with E-state index in [-0.39, 0.29) is 17.9 Å². The lowest BCUT2D eigenvalue weighted by molar-refractivity contribution is -0.141. The standard InChI is InChI=1S/C14H18N2O3/c1-8-3-6-12(9(2)15-8)13(17)16-11-5-4-10(7-11)14(18)19/h3,6,10-11H,4-5,7H2,1-2H3,(H,16,17)(H,18,19). The topological polar surface area (TPSA) is 79.3 Å². The molecule has 5 nitrogen and oxygen atoms in total. The summed E-state index contributed by atoms with van der Waals surface area (Å²) in [6, 6.07) is 3.52. The van der Waals surface area contributed by atoms with E-state index in [1.807, 2.05) is 6.92 Å². The van der Waals surface area contributed by atoms with Crippen LogP contribution in [-0.4, -0.2) is 28.0 Å². The van der Waals surface area contributed by atoms with Crippen LogP contribution in [0.4, 0.5) is 0 Å². The molecule has 0 aliphatic heterocycles. The molecule has 19 heavy (non-hydrogen) atoms. The van der Waals surface area contributed by atoms with Crippen LogP contribution in [0, 0.1) is 19.8 Å². The first-order chi connectivity index (χ1) is 8.97. The molecule has 2 rings (SSSR count). The van der Waals surface area contributed by atoms with Gasteiger partial charge in [0.1, 0.15) is 0 Å². The number of aryl methyl sites for hydroxylation is 2. The number of carbonyl (C=O) groups excluding carboxylic acids is 1. The summed E-state index contributed by atoms with van der Waals surface area (Å²) in [5, 5.41) is 11.8. The molecule has 2 atom stereocenters. The van der Waals surface area contributed by atoms with Gasteiger partial charge in [-0.25, -0.2) is 0 Å². The molecule has 0 aromatic carbocycles. The quantitative estimate of drug-likeness (QED) is 0.868. The third-order valence-electron chi connectivity index (χ3n) is 3.59. The number of carboxylic acids is 1. The summed E-state index contributed by atoms with van der Waals surface area (Å²) in [5.41, 5.74) is 2.13. The van der Waals surface area contributed by atoms with Gasteiger partial charge in [-0.3, -0.25) is 14.6 Å². The summed E-state index contributed by atoms with van der Waals surface area (Å²) >= 11 is 0. The van der Waals surface area contributed by atoms with E-state index >= 15 is 0 Å². The molecule has 1 fully saturated rings.